The van der Waals surface area contributed by atoms with Crippen LogP contribution in [-0.4, -0.2) is 28.9 Å². The lowest BCUT2D eigenvalue weighted by Gasteiger charge is -2.08. The predicted molar refractivity (Wildman–Crippen MR) is 52.6 cm³/mol. The Balaban J connectivity index is 0. The first-order chi connectivity index (χ1) is 4.35. The van der Waals surface area contributed by atoms with Gasteiger partial charge in [0.15, 0.2) is 0 Å². The summed E-state index contributed by atoms with van der Waals surface area (Å²) in [6, 6.07) is 0. The highest BCUT2D eigenvalue weighted by Gasteiger charge is 2.01. The van der Waals surface area contributed by atoms with Gasteiger partial charge in [-0.15, -0.1) is 11.6 Å². The third-order valence-electron chi connectivity index (χ3n) is 1.76. The molecule has 2 heteroatoms. The van der Waals surface area contributed by atoms with Gasteiger partial charge in [0, 0.05) is 5.88 Å². The van der Waals surface area contributed by atoms with Gasteiger partial charge in [-0.2, -0.15) is 0 Å². The molecule has 0 aliphatic heterocycles. The molecular weight excluding hydrogens is 156 g/mol. The Kier molecular flexibility index (Phi) is 13.7. The molecule has 0 spiro atoms. The van der Waals surface area contributed by atoms with Crippen molar-refractivity contribution in [2.75, 3.05) is 5.88 Å². The summed E-state index contributed by atoms with van der Waals surface area (Å²) in [5.74, 6) is 1.61. The number of halogens is 1. The molecule has 0 saturated heterocycles. The van der Waals surface area contributed by atoms with Crippen LogP contribution in [0.2, 0.25) is 0 Å². The lowest BCUT2D eigenvalue weighted by molar-refractivity contribution is 0.497. The number of hydrogen-bond donors (Lipinski definition) is 0. The van der Waals surface area contributed by atoms with Crippen LogP contribution in [0.5, 0.6) is 0 Å². The second-order valence-electron chi connectivity index (χ2n) is 2.57. The summed E-state index contributed by atoms with van der Waals surface area (Å²) in [5.41, 5.74) is 0. The maximum Gasteiger partial charge on any atom is 0.316 e. The molecule has 0 bridgehead atoms. The third kappa shape index (κ3) is 7.17. The van der Waals surface area contributed by atoms with Crippen molar-refractivity contribution in [3.05, 3.63) is 0 Å². The van der Waals surface area contributed by atoms with Crippen molar-refractivity contribution in [3.8, 4) is 0 Å². The van der Waals surface area contributed by atoms with Crippen LogP contribution in [0.15, 0.2) is 0 Å². The van der Waals surface area contributed by atoms with Crippen LogP contribution < -0.4 is 0 Å². The molecule has 0 radical (unpaired) electrons. The van der Waals surface area contributed by atoms with Gasteiger partial charge < -0.3 is 0 Å². The molecular formula is C8H19ClMg. The fourth-order valence-corrected chi connectivity index (χ4v) is 1.26. The minimum Gasteiger partial charge on any atom is -0.126 e. The van der Waals surface area contributed by atoms with E-state index in [1.165, 1.54) is 25.7 Å². The van der Waals surface area contributed by atoms with E-state index in [0.717, 1.165) is 11.8 Å². The van der Waals surface area contributed by atoms with Crippen molar-refractivity contribution in [1.29, 1.82) is 0 Å². The summed E-state index contributed by atoms with van der Waals surface area (Å²) < 4.78 is 0. The summed E-state index contributed by atoms with van der Waals surface area (Å²) in [5, 5.41) is 0. The predicted octanol–water partition coefficient (Wildman–Crippen LogP) is 2.53. The first-order valence-electron chi connectivity index (χ1n) is 3.91. The van der Waals surface area contributed by atoms with Crippen LogP contribution in [0.4, 0.5) is 0 Å². The molecule has 0 nitrogen and oxygen atoms in total. The van der Waals surface area contributed by atoms with Gasteiger partial charge in [-0.1, -0.05) is 33.1 Å². The molecule has 0 heterocycles. The average molecular weight is 175 g/mol. The van der Waals surface area contributed by atoms with Crippen molar-refractivity contribution in [1.82, 2.24) is 0 Å². The molecule has 0 aliphatic carbocycles. The van der Waals surface area contributed by atoms with Crippen molar-refractivity contribution in [3.63, 3.8) is 0 Å². The van der Waals surface area contributed by atoms with Crippen LogP contribution in [0, 0.1) is 5.92 Å². The van der Waals surface area contributed by atoms with Gasteiger partial charge in [0.2, 0.25) is 0 Å². The standard InChI is InChI=1S/C8H17Cl.Mg.2H/c1-3-5-6-8(4-2)7-9;;;/h8H,3-7H2,1-2H3;;;. The highest BCUT2D eigenvalue weighted by atomic mass is 35.5. The molecule has 0 fully saturated rings. The van der Waals surface area contributed by atoms with Gasteiger partial charge in [0.1, 0.15) is 0 Å². The second kappa shape index (κ2) is 10.1. The van der Waals surface area contributed by atoms with E-state index in [-0.39, 0.29) is 23.1 Å². The van der Waals surface area contributed by atoms with Crippen LogP contribution >= 0.6 is 11.6 Å². The van der Waals surface area contributed by atoms with Gasteiger partial charge >= 0.3 is 23.1 Å². The van der Waals surface area contributed by atoms with E-state index in [4.69, 9.17) is 11.6 Å². The Labute approximate surface area is 85.9 Å². The summed E-state index contributed by atoms with van der Waals surface area (Å²) in [4.78, 5) is 0. The molecule has 0 aromatic carbocycles. The van der Waals surface area contributed by atoms with E-state index in [9.17, 15) is 0 Å². The zero-order valence-corrected chi connectivity index (χ0v) is 7.25. The Morgan fingerprint density at radius 1 is 1.30 bits per heavy atom. The second-order valence-corrected chi connectivity index (χ2v) is 2.88. The molecule has 0 aromatic rings. The fraction of sp³-hybridized carbons (Fsp3) is 1.00. The van der Waals surface area contributed by atoms with Crippen LogP contribution in [0.25, 0.3) is 0 Å². The Morgan fingerprint density at radius 3 is 2.20 bits per heavy atom. The number of alkyl halides is 1. The highest BCUT2D eigenvalue weighted by molar-refractivity contribution is 6.18. The lowest BCUT2D eigenvalue weighted by Crippen LogP contribution is -1.99. The van der Waals surface area contributed by atoms with E-state index in [0.29, 0.717) is 0 Å². The van der Waals surface area contributed by atoms with Crippen molar-refractivity contribution >= 4 is 34.7 Å². The SMILES string of the molecule is CCCCC(CC)CCl.[MgH2]. The number of unbranched alkanes of at least 4 members (excludes halogenated alkanes) is 1. The average Bonchev–Trinajstić information content (AvgIpc) is 1.91. The van der Waals surface area contributed by atoms with E-state index in [1.807, 2.05) is 0 Å². The molecule has 10 heavy (non-hydrogen) atoms. The molecule has 0 aliphatic rings. The topological polar surface area (TPSA) is 0 Å². The molecule has 0 aromatic heterocycles. The number of rotatable bonds is 5. The normalized spacial score (nSPS) is 12.3. The molecule has 60 valence electrons. The van der Waals surface area contributed by atoms with Crippen LogP contribution in [0.3, 0.4) is 0 Å². The zero-order chi connectivity index (χ0) is 7.11. The quantitative estimate of drug-likeness (QED) is 0.444. The van der Waals surface area contributed by atoms with Crippen molar-refractivity contribution in [2.24, 2.45) is 5.92 Å². The molecule has 0 N–H and O–H groups in total. The molecule has 0 amide bonds. The van der Waals surface area contributed by atoms with Gasteiger partial charge in [-0.05, 0) is 12.3 Å². The monoisotopic (exact) mass is 174 g/mol. The van der Waals surface area contributed by atoms with Gasteiger partial charge in [-0.25, -0.2) is 0 Å². The van der Waals surface area contributed by atoms with E-state index >= 15 is 0 Å². The van der Waals surface area contributed by atoms with E-state index in [1.54, 1.807) is 0 Å². The highest BCUT2D eigenvalue weighted by Crippen LogP contribution is 2.13. The Bertz CT molecular complexity index is 53.2. The molecule has 1 atom stereocenters. The summed E-state index contributed by atoms with van der Waals surface area (Å²) in [6.07, 6.45) is 5.19. The zero-order valence-electron chi connectivity index (χ0n) is 6.49. The maximum absolute atomic E-state index is 5.70. The summed E-state index contributed by atoms with van der Waals surface area (Å²) in [7, 11) is 0. The largest absolute Gasteiger partial charge is 0.316 e. The first kappa shape index (κ1) is 13.6. The van der Waals surface area contributed by atoms with E-state index < -0.39 is 0 Å². The van der Waals surface area contributed by atoms with Crippen molar-refractivity contribution < 1.29 is 0 Å². The van der Waals surface area contributed by atoms with Crippen LogP contribution in [-0.2, 0) is 0 Å². The van der Waals surface area contributed by atoms with E-state index in [2.05, 4.69) is 13.8 Å². The maximum atomic E-state index is 5.70. The number of hydrogen-bond acceptors (Lipinski definition) is 0. The minimum atomic E-state index is 0. The summed E-state index contributed by atoms with van der Waals surface area (Å²) in [6.45, 7) is 4.43. The van der Waals surface area contributed by atoms with Gasteiger partial charge in [0.25, 0.3) is 0 Å². The Morgan fingerprint density at radius 2 is 1.90 bits per heavy atom. The molecule has 1 unspecified atom stereocenters. The van der Waals surface area contributed by atoms with Crippen molar-refractivity contribution in [2.45, 2.75) is 39.5 Å². The third-order valence-corrected chi connectivity index (χ3v) is 2.20. The van der Waals surface area contributed by atoms with Gasteiger partial charge in [-0.3, -0.25) is 0 Å². The summed E-state index contributed by atoms with van der Waals surface area (Å²) >= 11 is 5.70. The fourth-order valence-electron chi connectivity index (χ4n) is 0.883. The molecule has 0 saturated carbocycles. The first-order valence-corrected chi connectivity index (χ1v) is 4.44. The van der Waals surface area contributed by atoms with Gasteiger partial charge in [0.05, 0.1) is 0 Å². The minimum absolute atomic E-state index is 0. The molecule has 0 rings (SSSR count). The lowest BCUT2D eigenvalue weighted by atomic mass is 10.0. The smallest absolute Gasteiger partial charge is 0.126 e. The van der Waals surface area contributed by atoms with Crippen LogP contribution in [0.1, 0.15) is 39.5 Å². The Hall–Kier alpha value is 1.06.